The average Bonchev–Trinajstić information content (AvgIpc) is 4.18. The molecule has 4 aromatic heterocycles. The summed E-state index contributed by atoms with van der Waals surface area (Å²) in [5.41, 5.74) is 7.32. The van der Waals surface area contributed by atoms with Crippen molar-refractivity contribution in [2.75, 3.05) is 29.0 Å². The van der Waals surface area contributed by atoms with Gasteiger partial charge in [-0.25, -0.2) is 23.4 Å². The zero-order valence-corrected chi connectivity index (χ0v) is 38.6. The smallest absolute Gasteiger partial charge is 0.382 e. The third-order valence-corrected chi connectivity index (χ3v) is 11.6. The number of carbonyl (C=O) groups is 2. The van der Waals surface area contributed by atoms with Crippen LogP contribution in [-0.4, -0.2) is 78.5 Å². The number of alkyl halides is 6. The van der Waals surface area contributed by atoms with Crippen LogP contribution in [0.5, 0.6) is 0 Å². The molecule has 0 atom stereocenters. The van der Waals surface area contributed by atoms with Gasteiger partial charge < -0.3 is 26.6 Å². The topological polar surface area (TPSA) is 155 Å². The summed E-state index contributed by atoms with van der Waals surface area (Å²) in [6.07, 6.45) is -3.38. The second kappa shape index (κ2) is 19.6. The zero-order chi connectivity index (χ0) is 48.5. The van der Waals surface area contributed by atoms with Gasteiger partial charge in [-0.05, 0) is 115 Å². The molecular formula is C46H42BrClF7N11O2. The zero-order valence-electron chi connectivity index (χ0n) is 36.2. The molecule has 2 saturated carbocycles. The highest BCUT2D eigenvalue weighted by atomic mass is 79.9. The predicted octanol–water partition coefficient (Wildman–Crippen LogP) is 11.2. The molecule has 3 aromatic carbocycles. The van der Waals surface area contributed by atoms with E-state index in [0.29, 0.717) is 61.0 Å². The van der Waals surface area contributed by atoms with Crippen molar-refractivity contribution < 1.29 is 40.3 Å². The standard InChI is InChI=1S/C26H23ClF4N6O.C20H19BrF3N5O/c1-14-10-15(2-6-18(14)25(38)35-16-3-4-16)22-13-33-24-21(32-9-8-26(29,30)31)12-23(36-37(22)24)34-17-5-7-19(27)20(28)11-17;1-11-8-12(2-5-14(11)19(30)27-13-3-4-13)16-10-26-18-15(9-17(21)28-29(16)18)25-7-6-20(22,23)24/h2,5-7,10-13,16,32H,3-4,8-9H2,1H3,(H,34,36)(H,35,38);2,5,8-10,13,25H,3-4,6-7H2,1H3,(H,27,30). The highest BCUT2D eigenvalue weighted by Gasteiger charge is 2.29. The molecule has 9 rings (SSSR count). The van der Waals surface area contributed by atoms with Gasteiger partial charge in [-0.2, -0.15) is 31.4 Å². The van der Waals surface area contributed by atoms with Crippen LogP contribution in [0, 0.1) is 19.7 Å². The van der Waals surface area contributed by atoms with Crippen molar-refractivity contribution in [3.8, 4) is 22.5 Å². The van der Waals surface area contributed by atoms with Gasteiger partial charge in [-0.3, -0.25) is 9.59 Å². The Morgan fingerprint density at radius 1 is 0.691 bits per heavy atom. The van der Waals surface area contributed by atoms with E-state index in [-0.39, 0.29) is 47.8 Å². The first kappa shape index (κ1) is 48.0. The van der Waals surface area contributed by atoms with Gasteiger partial charge in [0.25, 0.3) is 11.8 Å². The first-order valence-electron chi connectivity index (χ1n) is 21.4. The van der Waals surface area contributed by atoms with Crippen molar-refractivity contribution in [2.24, 2.45) is 0 Å². The Hall–Kier alpha value is -6.48. The average molecular weight is 1030 g/mol. The number of nitrogens with one attached hydrogen (secondary N) is 5. The highest BCUT2D eigenvalue weighted by molar-refractivity contribution is 9.10. The van der Waals surface area contributed by atoms with Crippen molar-refractivity contribution >= 4 is 73.5 Å². The summed E-state index contributed by atoms with van der Waals surface area (Å²) in [6.45, 7) is 3.06. The summed E-state index contributed by atoms with van der Waals surface area (Å²) in [5.74, 6) is -0.613. The van der Waals surface area contributed by atoms with Crippen molar-refractivity contribution in [2.45, 2.75) is 76.8 Å². The maximum absolute atomic E-state index is 14.0. The second-order valence-electron chi connectivity index (χ2n) is 16.5. The molecule has 0 saturated heterocycles. The van der Waals surface area contributed by atoms with E-state index in [4.69, 9.17) is 11.6 Å². The van der Waals surface area contributed by atoms with Crippen LogP contribution in [0.2, 0.25) is 5.02 Å². The fourth-order valence-corrected chi connectivity index (χ4v) is 7.66. The molecule has 0 aliphatic heterocycles. The lowest BCUT2D eigenvalue weighted by atomic mass is 10.0. The Labute approximate surface area is 397 Å². The van der Waals surface area contributed by atoms with E-state index >= 15 is 0 Å². The minimum atomic E-state index is -4.33. The van der Waals surface area contributed by atoms with Crippen LogP contribution in [0.1, 0.15) is 70.4 Å². The quantitative estimate of drug-likeness (QED) is 0.0670. The number of carbonyl (C=O) groups excluding carboxylic acids is 2. The Balaban J connectivity index is 0.000000189. The van der Waals surface area contributed by atoms with E-state index < -0.39 is 31.0 Å². The molecule has 68 heavy (non-hydrogen) atoms. The van der Waals surface area contributed by atoms with Crippen molar-refractivity contribution in [1.29, 1.82) is 0 Å². The molecule has 0 spiro atoms. The van der Waals surface area contributed by atoms with Crippen molar-refractivity contribution in [3.05, 3.63) is 117 Å². The number of fused-ring (bicyclic) bond motifs is 2. The maximum atomic E-state index is 14.0. The van der Waals surface area contributed by atoms with E-state index in [1.807, 2.05) is 32.0 Å². The van der Waals surface area contributed by atoms with E-state index in [2.05, 4.69) is 62.7 Å². The molecule has 22 heteroatoms. The first-order valence-corrected chi connectivity index (χ1v) is 22.6. The number of anilines is 4. The van der Waals surface area contributed by atoms with Crippen molar-refractivity contribution in [3.63, 3.8) is 0 Å². The van der Waals surface area contributed by atoms with Crippen LogP contribution >= 0.6 is 27.5 Å². The summed E-state index contributed by atoms with van der Waals surface area (Å²) >= 11 is 9.07. The van der Waals surface area contributed by atoms with E-state index in [0.717, 1.165) is 42.4 Å². The lowest BCUT2D eigenvalue weighted by Crippen LogP contribution is -2.26. The SMILES string of the molecule is Cc1cc(-c2cnc3c(NCCC(F)(F)F)cc(Br)nn23)ccc1C(=O)NC1CC1.Cc1cc(-c2cnc3c(NCCC(F)(F)F)cc(Nc4ccc(Cl)c(F)c4)nn23)ccc1C(=O)NC1CC1. The summed E-state index contributed by atoms with van der Waals surface area (Å²) in [7, 11) is 0. The number of aryl methyl sites for hydroxylation is 2. The predicted molar refractivity (Wildman–Crippen MR) is 248 cm³/mol. The number of benzene rings is 3. The lowest BCUT2D eigenvalue weighted by Gasteiger charge is -2.14. The lowest BCUT2D eigenvalue weighted by molar-refractivity contribution is -0.132. The number of rotatable bonds is 14. The van der Waals surface area contributed by atoms with Crippen LogP contribution < -0.4 is 26.6 Å². The normalized spacial score (nSPS) is 13.8. The molecule has 2 fully saturated rings. The summed E-state index contributed by atoms with van der Waals surface area (Å²) in [5, 5.41) is 23.4. The van der Waals surface area contributed by atoms with Gasteiger partial charge in [-0.1, -0.05) is 23.7 Å². The van der Waals surface area contributed by atoms with Gasteiger partial charge in [0.1, 0.15) is 10.4 Å². The van der Waals surface area contributed by atoms with E-state index in [1.165, 1.54) is 22.7 Å². The third-order valence-electron chi connectivity index (χ3n) is 10.9. The van der Waals surface area contributed by atoms with Gasteiger partial charge in [0.05, 0.1) is 53.0 Å². The fraction of sp³-hybridized carbons (Fsp3) is 0.304. The van der Waals surface area contributed by atoms with Crippen molar-refractivity contribution in [1.82, 2.24) is 39.8 Å². The Morgan fingerprint density at radius 2 is 1.18 bits per heavy atom. The Bertz CT molecular complexity index is 3020. The van der Waals surface area contributed by atoms with Crippen LogP contribution in [-0.2, 0) is 0 Å². The first-order chi connectivity index (χ1) is 32.3. The molecule has 2 amide bonds. The number of imidazole rings is 2. The number of amides is 2. The molecule has 7 aromatic rings. The van der Waals surface area contributed by atoms with Crippen LogP contribution in [0.25, 0.3) is 33.8 Å². The Morgan fingerprint density at radius 3 is 1.63 bits per heavy atom. The van der Waals surface area contributed by atoms with Crippen LogP contribution in [0.3, 0.4) is 0 Å². The summed E-state index contributed by atoms with van der Waals surface area (Å²) < 4.78 is 93.2. The molecule has 0 bridgehead atoms. The second-order valence-corrected chi connectivity index (χ2v) is 17.7. The van der Waals surface area contributed by atoms with Gasteiger partial charge in [0.15, 0.2) is 17.1 Å². The van der Waals surface area contributed by atoms with E-state index in [9.17, 15) is 40.3 Å². The van der Waals surface area contributed by atoms with E-state index in [1.54, 1.807) is 47.2 Å². The minimum absolute atomic E-state index is 0.0463. The largest absolute Gasteiger partial charge is 0.390 e. The van der Waals surface area contributed by atoms with Gasteiger partial charge in [-0.15, -0.1) is 5.10 Å². The molecule has 13 nitrogen and oxygen atoms in total. The molecule has 4 heterocycles. The minimum Gasteiger partial charge on any atom is -0.382 e. The molecular weight excluding hydrogens is 987 g/mol. The maximum Gasteiger partial charge on any atom is 0.390 e. The summed E-state index contributed by atoms with van der Waals surface area (Å²) in [6, 6.07) is 18.5. The van der Waals surface area contributed by atoms with Gasteiger partial charge >= 0.3 is 12.4 Å². The highest BCUT2D eigenvalue weighted by Crippen LogP contribution is 2.32. The number of hydrogen-bond donors (Lipinski definition) is 5. The molecule has 356 valence electrons. The monoisotopic (exact) mass is 1030 g/mol. The molecule has 2 aliphatic carbocycles. The van der Waals surface area contributed by atoms with Crippen LogP contribution in [0.15, 0.2) is 83.7 Å². The van der Waals surface area contributed by atoms with Gasteiger partial charge in [0.2, 0.25) is 0 Å². The Kier molecular flexibility index (Phi) is 13.9. The van der Waals surface area contributed by atoms with Crippen LogP contribution in [0.4, 0.5) is 53.6 Å². The molecule has 2 aliphatic rings. The third kappa shape index (κ3) is 12.0. The number of hydrogen-bond acceptors (Lipinski definition) is 9. The number of aromatic nitrogens is 6. The molecule has 0 unspecified atom stereocenters. The summed E-state index contributed by atoms with van der Waals surface area (Å²) in [4.78, 5) is 33.6. The molecule has 0 radical (unpaired) electrons. The number of nitrogens with zero attached hydrogens (tertiary/aromatic N) is 6. The number of halogens is 9. The fourth-order valence-electron chi connectivity index (χ4n) is 7.16. The van der Waals surface area contributed by atoms with Gasteiger partial charge in [0, 0.05) is 59.2 Å². The molecule has 5 N–H and O–H groups in total.